The van der Waals surface area contributed by atoms with E-state index in [4.69, 9.17) is 21.1 Å². The number of thiophene rings is 1. The van der Waals surface area contributed by atoms with Gasteiger partial charge in [-0.2, -0.15) is 0 Å². The highest BCUT2D eigenvalue weighted by molar-refractivity contribution is 7.10. The van der Waals surface area contributed by atoms with Crippen LogP contribution in [0.5, 0.6) is 11.5 Å². The van der Waals surface area contributed by atoms with Crippen molar-refractivity contribution in [2.45, 2.75) is 18.9 Å². The lowest BCUT2D eigenvalue weighted by Crippen LogP contribution is -2.35. The van der Waals surface area contributed by atoms with Crippen LogP contribution in [0.2, 0.25) is 5.02 Å². The van der Waals surface area contributed by atoms with E-state index in [0.717, 1.165) is 18.7 Å². The Morgan fingerprint density at radius 3 is 2.96 bits per heavy atom. The van der Waals surface area contributed by atoms with Crippen LogP contribution in [0.4, 0.5) is 0 Å². The molecular formula is C20H21ClN2O3S. The maximum Gasteiger partial charge on any atom is 0.244 e. The number of amides is 1. The van der Waals surface area contributed by atoms with Crippen LogP contribution < -0.4 is 14.8 Å². The van der Waals surface area contributed by atoms with Crippen LogP contribution in [0.15, 0.2) is 35.7 Å². The van der Waals surface area contributed by atoms with E-state index in [1.54, 1.807) is 23.5 Å². The summed E-state index contributed by atoms with van der Waals surface area (Å²) in [5.74, 6) is 1.04. The number of hydrogen-bond acceptors (Lipinski definition) is 5. The zero-order valence-corrected chi connectivity index (χ0v) is 16.4. The van der Waals surface area contributed by atoms with Gasteiger partial charge in [-0.1, -0.05) is 17.7 Å². The molecule has 0 aliphatic carbocycles. The van der Waals surface area contributed by atoms with Crippen molar-refractivity contribution in [3.05, 3.63) is 51.2 Å². The standard InChI is InChI=1S/C20H21ClN2O3S/c21-15-10-14(11-17-20(15)26-13-25-17)5-6-19(24)22-12-16(18-4-3-9-27-18)23-7-1-2-8-23/h3-6,9-11,16H,1-2,7-8,12-13H2,(H,22,24)/b6-5+. The Labute approximate surface area is 167 Å². The molecule has 0 bridgehead atoms. The molecule has 1 N–H and O–H groups in total. The van der Waals surface area contributed by atoms with Gasteiger partial charge < -0.3 is 14.8 Å². The summed E-state index contributed by atoms with van der Waals surface area (Å²) in [5.41, 5.74) is 0.800. The molecule has 5 nitrogen and oxygen atoms in total. The number of nitrogens with one attached hydrogen (secondary N) is 1. The van der Waals surface area contributed by atoms with Gasteiger partial charge in [-0.05, 0) is 61.1 Å². The lowest BCUT2D eigenvalue weighted by molar-refractivity contribution is -0.116. The van der Waals surface area contributed by atoms with E-state index in [2.05, 4.69) is 27.7 Å². The number of hydrogen-bond donors (Lipinski definition) is 1. The molecule has 0 radical (unpaired) electrons. The van der Waals surface area contributed by atoms with E-state index in [1.807, 2.05) is 6.07 Å². The normalized spacial score (nSPS) is 17.5. The quantitative estimate of drug-likeness (QED) is 0.736. The number of carbonyl (C=O) groups excluding carboxylic acids is 1. The Bertz CT molecular complexity index is 832. The maximum atomic E-state index is 12.3. The van der Waals surface area contributed by atoms with E-state index in [-0.39, 0.29) is 18.7 Å². The summed E-state index contributed by atoms with van der Waals surface area (Å²) in [5, 5.41) is 5.61. The summed E-state index contributed by atoms with van der Waals surface area (Å²) in [4.78, 5) is 16.1. The second-order valence-corrected chi connectivity index (χ2v) is 7.98. The van der Waals surface area contributed by atoms with Crippen molar-refractivity contribution < 1.29 is 14.3 Å². The van der Waals surface area contributed by atoms with Gasteiger partial charge in [0.15, 0.2) is 11.5 Å². The van der Waals surface area contributed by atoms with Gasteiger partial charge in [0.05, 0.1) is 11.1 Å². The number of benzene rings is 1. The largest absolute Gasteiger partial charge is 0.454 e. The van der Waals surface area contributed by atoms with Crippen molar-refractivity contribution in [2.75, 3.05) is 26.4 Å². The van der Waals surface area contributed by atoms with Crippen molar-refractivity contribution in [1.29, 1.82) is 0 Å². The van der Waals surface area contributed by atoms with Crippen LogP contribution in [0.1, 0.15) is 29.3 Å². The molecule has 1 atom stereocenters. The molecule has 4 rings (SSSR count). The first-order valence-corrected chi connectivity index (χ1v) is 10.3. The molecule has 1 saturated heterocycles. The third kappa shape index (κ3) is 4.29. The van der Waals surface area contributed by atoms with Gasteiger partial charge in [-0.15, -0.1) is 11.3 Å². The second-order valence-electron chi connectivity index (χ2n) is 6.59. The first-order valence-electron chi connectivity index (χ1n) is 9.03. The predicted octanol–water partition coefficient (Wildman–Crippen LogP) is 4.10. The number of nitrogens with zero attached hydrogens (tertiary/aromatic N) is 1. The Hall–Kier alpha value is -2.02. The third-order valence-corrected chi connectivity index (χ3v) is 6.05. The number of rotatable bonds is 6. The van der Waals surface area contributed by atoms with Crippen LogP contribution in [0, 0.1) is 0 Å². The number of halogens is 1. The minimum absolute atomic E-state index is 0.121. The highest BCUT2D eigenvalue weighted by Crippen LogP contribution is 2.40. The molecule has 1 fully saturated rings. The fourth-order valence-electron chi connectivity index (χ4n) is 3.46. The minimum Gasteiger partial charge on any atom is -0.454 e. The molecule has 142 valence electrons. The molecule has 27 heavy (non-hydrogen) atoms. The van der Waals surface area contributed by atoms with Crippen LogP contribution in [-0.4, -0.2) is 37.2 Å². The highest BCUT2D eigenvalue weighted by atomic mass is 35.5. The van der Waals surface area contributed by atoms with E-state index in [0.29, 0.717) is 23.1 Å². The van der Waals surface area contributed by atoms with Gasteiger partial charge in [-0.3, -0.25) is 9.69 Å². The number of carbonyl (C=O) groups is 1. The number of likely N-dealkylation sites (tertiary alicyclic amines) is 1. The first kappa shape index (κ1) is 18.3. The fourth-order valence-corrected chi connectivity index (χ4v) is 4.59. The lowest BCUT2D eigenvalue weighted by atomic mass is 10.2. The topological polar surface area (TPSA) is 50.8 Å². The summed E-state index contributed by atoms with van der Waals surface area (Å²) in [6.07, 6.45) is 5.71. The Morgan fingerprint density at radius 1 is 1.33 bits per heavy atom. The summed E-state index contributed by atoms with van der Waals surface area (Å²) in [7, 11) is 0. The van der Waals surface area contributed by atoms with Crippen molar-refractivity contribution >= 4 is 34.9 Å². The molecule has 2 aliphatic heterocycles. The molecule has 0 spiro atoms. The molecule has 1 amide bonds. The minimum atomic E-state index is -0.121. The maximum absolute atomic E-state index is 12.3. The molecule has 1 unspecified atom stereocenters. The van der Waals surface area contributed by atoms with Crippen LogP contribution in [0.25, 0.3) is 6.08 Å². The van der Waals surface area contributed by atoms with E-state index >= 15 is 0 Å². The van der Waals surface area contributed by atoms with Crippen molar-refractivity contribution in [3.63, 3.8) is 0 Å². The second kappa shape index (κ2) is 8.33. The summed E-state index contributed by atoms with van der Waals surface area (Å²) in [6, 6.07) is 8.02. The van der Waals surface area contributed by atoms with Crippen molar-refractivity contribution in [1.82, 2.24) is 10.2 Å². The van der Waals surface area contributed by atoms with Crippen molar-refractivity contribution in [3.8, 4) is 11.5 Å². The fraction of sp³-hybridized carbons (Fsp3) is 0.350. The Balaban J connectivity index is 1.38. The molecule has 2 aromatic rings. The first-order chi connectivity index (χ1) is 13.2. The number of fused-ring (bicyclic) bond motifs is 1. The van der Waals surface area contributed by atoms with E-state index in [1.165, 1.54) is 23.8 Å². The highest BCUT2D eigenvalue weighted by Gasteiger charge is 2.24. The predicted molar refractivity (Wildman–Crippen MR) is 107 cm³/mol. The molecule has 2 aliphatic rings. The van der Waals surface area contributed by atoms with Gasteiger partial charge in [0.2, 0.25) is 12.7 Å². The smallest absolute Gasteiger partial charge is 0.244 e. The molecule has 3 heterocycles. The van der Waals surface area contributed by atoms with Crippen LogP contribution in [0.3, 0.4) is 0 Å². The summed E-state index contributed by atoms with van der Waals surface area (Å²) >= 11 is 7.92. The van der Waals surface area contributed by atoms with Crippen molar-refractivity contribution in [2.24, 2.45) is 0 Å². The van der Waals surface area contributed by atoms with Gasteiger partial charge in [-0.25, -0.2) is 0 Å². The molecule has 1 aromatic carbocycles. The Morgan fingerprint density at radius 2 is 2.19 bits per heavy atom. The SMILES string of the molecule is O=C(/C=C/c1cc(Cl)c2c(c1)OCO2)NCC(c1cccs1)N1CCCC1. The average Bonchev–Trinajstić information content (AvgIpc) is 3.42. The summed E-state index contributed by atoms with van der Waals surface area (Å²) < 4.78 is 10.7. The molecule has 0 saturated carbocycles. The summed E-state index contributed by atoms with van der Waals surface area (Å²) in [6.45, 7) is 2.95. The molecule has 7 heteroatoms. The zero-order chi connectivity index (χ0) is 18.6. The monoisotopic (exact) mass is 404 g/mol. The molecular weight excluding hydrogens is 384 g/mol. The van der Waals surface area contributed by atoms with Crippen LogP contribution >= 0.6 is 22.9 Å². The zero-order valence-electron chi connectivity index (χ0n) is 14.8. The van der Waals surface area contributed by atoms with Gasteiger partial charge in [0.1, 0.15) is 0 Å². The number of ether oxygens (including phenoxy) is 2. The van der Waals surface area contributed by atoms with Gasteiger partial charge >= 0.3 is 0 Å². The van der Waals surface area contributed by atoms with Gasteiger partial charge in [0, 0.05) is 17.5 Å². The van der Waals surface area contributed by atoms with E-state index in [9.17, 15) is 4.79 Å². The lowest BCUT2D eigenvalue weighted by Gasteiger charge is -2.26. The Kier molecular flexibility index (Phi) is 5.66. The van der Waals surface area contributed by atoms with Gasteiger partial charge in [0.25, 0.3) is 0 Å². The molecule has 1 aromatic heterocycles. The average molecular weight is 405 g/mol. The third-order valence-electron chi connectivity index (χ3n) is 4.80. The van der Waals surface area contributed by atoms with Crippen LogP contribution in [-0.2, 0) is 4.79 Å². The van der Waals surface area contributed by atoms with E-state index < -0.39 is 0 Å².